The predicted octanol–water partition coefficient (Wildman–Crippen LogP) is 4.84. The lowest BCUT2D eigenvalue weighted by Crippen LogP contribution is -2.37. The second-order valence-electron chi connectivity index (χ2n) is 5.26. The Kier molecular flexibility index (Phi) is 4.64. The molecule has 112 valence electrons. The maximum atomic E-state index is 13.1. The number of nitrogens with one attached hydrogen (secondary N) is 1. The van der Waals surface area contributed by atoms with Gasteiger partial charge in [0.25, 0.3) is 0 Å². The number of ether oxygens (including phenoxy) is 1. The maximum Gasteiger partial charge on any atom is 0.418 e. The summed E-state index contributed by atoms with van der Waals surface area (Å²) in [6.07, 6.45) is -2.84. The Labute approximate surface area is 124 Å². The van der Waals surface area contributed by atoms with E-state index < -0.39 is 11.7 Å². The van der Waals surface area contributed by atoms with Crippen LogP contribution in [0.15, 0.2) is 22.7 Å². The molecule has 2 rings (SSSR count). The van der Waals surface area contributed by atoms with Crippen molar-refractivity contribution in [2.45, 2.75) is 51.1 Å². The van der Waals surface area contributed by atoms with Crippen LogP contribution in [-0.2, 0) is 10.9 Å². The Hall–Kier alpha value is -0.750. The molecule has 2 unspecified atom stereocenters. The first-order chi connectivity index (χ1) is 9.25. The van der Waals surface area contributed by atoms with Crippen LogP contribution in [0.5, 0.6) is 0 Å². The lowest BCUT2D eigenvalue weighted by atomic mass is 9.99. The number of anilines is 1. The van der Waals surface area contributed by atoms with Crippen molar-refractivity contribution in [2.75, 3.05) is 5.32 Å². The Bertz CT molecular complexity index is 468. The zero-order chi connectivity index (χ0) is 14.9. The highest BCUT2D eigenvalue weighted by Crippen LogP contribution is 2.37. The van der Waals surface area contributed by atoms with Crippen LogP contribution >= 0.6 is 15.9 Å². The van der Waals surface area contributed by atoms with Crippen molar-refractivity contribution in [1.29, 1.82) is 0 Å². The minimum atomic E-state index is -4.37. The highest BCUT2D eigenvalue weighted by Gasteiger charge is 2.35. The van der Waals surface area contributed by atoms with Gasteiger partial charge < -0.3 is 10.1 Å². The molecular formula is C14H17BrF3NO. The molecule has 1 aliphatic heterocycles. The SMILES string of the molecule is CC1CC(Nc2ccc(Br)cc2C(F)(F)F)CC(C)O1. The standard InChI is InChI=1S/C14H17BrF3NO/c1-8-5-11(6-9(2)20-8)19-13-4-3-10(15)7-12(13)14(16,17)18/h3-4,7-9,11,19H,5-6H2,1-2H3. The molecule has 0 aromatic heterocycles. The molecule has 0 bridgehead atoms. The van der Waals surface area contributed by atoms with Gasteiger partial charge in [-0.05, 0) is 44.9 Å². The molecular weight excluding hydrogens is 335 g/mol. The van der Waals surface area contributed by atoms with E-state index in [0.717, 1.165) is 6.07 Å². The van der Waals surface area contributed by atoms with Crippen LogP contribution in [0.1, 0.15) is 32.3 Å². The average Bonchev–Trinajstić information content (AvgIpc) is 2.28. The van der Waals surface area contributed by atoms with Crippen LogP contribution in [0.3, 0.4) is 0 Å². The summed E-state index contributed by atoms with van der Waals surface area (Å²) in [5.74, 6) is 0. The van der Waals surface area contributed by atoms with Gasteiger partial charge in [0.1, 0.15) is 0 Å². The lowest BCUT2D eigenvalue weighted by molar-refractivity contribution is -0.137. The topological polar surface area (TPSA) is 21.3 Å². The molecule has 1 aromatic rings. The highest BCUT2D eigenvalue weighted by atomic mass is 79.9. The second-order valence-corrected chi connectivity index (χ2v) is 6.17. The van der Waals surface area contributed by atoms with E-state index in [4.69, 9.17) is 4.74 Å². The van der Waals surface area contributed by atoms with Gasteiger partial charge in [-0.2, -0.15) is 13.2 Å². The second kappa shape index (κ2) is 5.93. The normalized spacial score (nSPS) is 27.4. The van der Waals surface area contributed by atoms with Crippen molar-refractivity contribution in [3.05, 3.63) is 28.2 Å². The van der Waals surface area contributed by atoms with Crippen molar-refractivity contribution >= 4 is 21.6 Å². The molecule has 2 nitrogen and oxygen atoms in total. The molecule has 1 aliphatic rings. The predicted molar refractivity (Wildman–Crippen MR) is 75.8 cm³/mol. The Morgan fingerprint density at radius 3 is 2.35 bits per heavy atom. The largest absolute Gasteiger partial charge is 0.418 e. The number of alkyl halides is 3. The zero-order valence-electron chi connectivity index (χ0n) is 11.3. The third-order valence-corrected chi connectivity index (χ3v) is 3.84. The van der Waals surface area contributed by atoms with Gasteiger partial charge in [-0.1, -0.05) is 15.9 Å². The molecule has 0 aliphatic carbocycles. The number of halogens is 4. The first-order valence-corrected chi connectivity index (χ1v) is 7.33. The van der Waals surface area contributed by atoms with Crippen LogP contribution in [0.4, 0.5) is 18.9 Å². The molecule has 0 amide bonds. The first-order valence-electron chi connectivity index (χ1n) is 6.54. The van der Waals surface area contributed by atoms with Gasteiger partial charge in [0.2, 0.25) is 0 Å². The summed E-state index contributed by atoms with van der Waals surface area (Å²) < 4.78 is 45.2. The van der Waals surface area contributed by atoms with Crippen molar-refractivity contribution in [1.82, 2.24) is 0 Å². The molecule has 20 heavy (non-hydrogen) atoms. The molecule has 1 saturated heterocycles. The van der Waals surface area contributed by atoms with Crippen LogP contribution in [0.2, 0.25) is 0 Å². The van der Waals surface area contributed by atoms with Crippen LogP contribution in [0, 0.1) is 0 Å². The molecule has 1 aromatic carbocycles. The fourth-order valence-corrected chi connectivity index (χ4v) is 2.98. The van der Waals surface area contributed by atoms with E-state index in [1.807, 2.05) is 13.8 Å². The van der Waals surface area contributed by atoms with Crippen molar-refractivity contribution in [3.8, 4) is 0 Å². The fraction of sp³-hybridized carbons (Fsp3) is 0.571. The van der Waals surface area contributed by atoms with E-state index in [1.165, 1.54) is 6.07 Å². The third-order valence-electron chi connectivity index (χ3n) is 3.34. The lowest BCUT2D eigenvalue weighted by Gasteiger charge is -2.33. The highest BCUT2D eigenvalue weighted by molar-refractivity contribution is 9.10. The van der Waals surface area contributed by atoms with Crippen LogP contribution in [0.25, 0.3) is 0 Å². The number of hydrogen-bond donors (Lipinski definition) is 1. The summed E-state index contributed by atoms with van der Waals surface area (Å²) in [4.78, 5) is 0. The molecule has 0 radical (unpaired) electrons. The fourth-order valence-electron chi connectivity index (χ4n) is 2.62. The van der Waals surface area contributed by atoms with Gasteiger partial charge in [-0.3, -0.25) is 0 Å². The van der Waals surface area contributed by atoms with E-state index in [2.05, 4.69) is 21.2 Å². The van der Waals surface area contributed by atoms with Crippen molar-refractivity contribution in [2.24, 2.45) is 0 Å². The minimum absolute atomic E-state index is 0.00368. The number of rotatable bonds is 2. The summed E-state index contributed by atoms with van der Waals surface area (Å²) >= 11 is 3.09. The van der Waals surface area contributed by atoms with Crippen molar-refractivity contribution in [3.63, 3.8) is 0 Å². The number of hydrogen-bond acceptors (Lipinski definition) is 2. The quantitative estimate of drug-likeness (QED) is 0.823. The third kappa shape index (κ3) is 3.88. The molecule has 2 atom stereocenters. The zero-order valence-corrected chi connectivity index (χ0v) is 12.9. The molecule has 0 saturated carbocycles. The van der Waals surface area contributed by atoms with Crippen LogP contribution in [-0.4, -0.2) is 18.2 Å². The summed E-state index contributed by atoms with van der Waals surface area (Å²) in [5.41, 5.74) is -0.509. The monoisotopic (exact) mass is 351 g/mol. The van der Waals surface area contributed by atoms with Gasteiger partial charge in [0.15, 0.2) is 0 Å². The summed E-state index contributed by atoms with van der Waals surface area (Å²) in [5, 5.41) is 3.02. The van der Waals surface area contributed by atoms with Gasteiger partial charge in [0.05, 0.1) is 17.8 Å². The maximum absolute atomic E-state index is 13.1. The summed E-state index contributed by atoms with van der Waals surface area (Å²) in [6, 6.07) is 4.19. The molecule has 1 heterocycles. The van der Waals surface area contributed by atoms with Crippen molar-refractivity contribution < 1.29 is 17.9 Å². The van der Waals surface area contributed by atoms with Gasteiger partial charge >= 0.3 is 6.18 Å². The first kappa shape index (κ1) is 15.6. The number of benzene rings is 1. The summed E-state index contributed by atoms with van der Waals surface area (Å²) in [6.45, 7) is 3.88. The Morgan fingerprint density at radius 1 is 1.20 bits per heavy atom. The van der Waals surface area contributed by atoms with E-state index >= 15 is 0 Å². The molecule has 6 heteroatoms. The van der Waals surface area contributed by atoms with Gasteiger partial charge in [-0.25, -0.2) is 0 Å². The van der Waals surface area contributed by atoms with Gasteiger partial charge in [-0.15, -0.1) is 0 Å². The average molecular weight is 352 g/mol. The van der Waals surface area contributed by atoms with E-state index in [-0.39, 0.29) is 23.9 Å². The summed E-state index contributed by atoms with van der Waals surface area (Å²) in [7, 11) is 0. The van der Waals surface area contributed by atoms with E-state index in [9.17, 15) is 13.2 Å². The smallest absolute Gasteiger partial charge is 0.382 e. The minimum Gasteiger partial charge on any atom is -0.382 e. The molecule has 1 N–H and O–H groups in total. The molecule has 0 spiro atoms. The van der Waals surface area contributed by atoms with Gasteiger partial charge in [0, 0.05) is 16.2 Å². The Balaban J connectivity index is 2.21. The van der Waals surface area contributed by atoms with E-state index in [0.29, 0.717) is 17.3 Å². The van der Waals surface area contributed by atoms with Crippen LogP contribution < -0.4 is 5.32 Å². The molecule has 1 fully saturated rings. The van der Waals surface area contributed by atoms with E-state index in [1.54, 1.807) is 6.07 Å². The Morgan fingerprint density at radius 2 is 1.80 bits per heavy atom.